The first-order valence-electron chi connectivity index (χ1n) is 9.72. The van der Waals surface area contributed by atoms with Gasteiger partial charge in [0.25, 0.3) is 0 Å². The van der Waals surface area contributed by atoms with Gasteiger partial charge in [0.05, 0.1) is 18.1 Å². The molecular formula is C23H21N7. The van der Waals surface area contributed by atoms with Crippen LogP contribution in [0.15, 0.2) is 72.8 Å². The molecule has 0 aliphatic carbocycles. The minimum Gasteiger partial charge on any atom is -0.382 e. The number of hydrogen-bond acceptors (Lipinski definition) is 6. The van der Waals surface area contributed by atoms with E-state index in [0.29, 0.717) is 17.0 Å². The molecule has 7 heteroatoms. The molecule has 7 nitrogen and oxygen atoms in total. The average molecular weight is 395 g/mol. The van der Waals surface area contributed by atoms with Gasteiger partial charge >= 0.3 is 0 Å². The molecule has 4 aromatic rings. The van der Waals surface area contributed by atoms with E-state index in [4.69, 9.17) is 10.7 Å². The molecule has 0 bridgehead atoms. The number of anilines is 2. The van der Waals surface area contributed by atoms with Crippen LogP contribution in [0.4, 0.5) is 17.2 Å². The van der Waals surface area contributed by atoms with Crippen molar-refractivity contribution in [3.05, 3.63) is 78.9 Å². The van der Waals surface area contributed by atoms with Crippen LogP contribution in [0.3, 0.4) is 0 Å². The van der Waals surface area contributed by atoms with Crippen LogP contribution in [-0.4, -0.2) is 25.4 Å². The van der Waals surface area contributed by atoms with E-state index in [0.717, 1.165) is 34.0 Å². The molecule has 2 aromatic heterocycles. The number of imidazole rings is 1. The lowest BCUT2D eigenvalue weighted by Gasteiger charge is -2.36. The molecule has 3 heterocycles. The number of aryl methyl sites for hydroxylation is 1. The fourth-order valence-electron chi connectivity index (χ4n) is 3.97. The number of aliphatic imine (C=N–C) groups is 1. The van der Waals surface area contributed by atoms with Crippen molar-refractivity contribution in [3.8, 4) is 0 Å². The molecule has 1 atom stereocenters. The molecule has 0 amide bonds. The van der Waals surface area contributed by atoms with Crippen molar-refractivity contribution >= 4 is 39.9 Å². The summed E-state index contributed by atoms with van der Waals surface area (Å²) >= 11 is 0. The maximum Gasteiger partial charge on any atom is 0.166 e. The number of hydrogen-bond donors (Lipinski definition) is 1. The van der Waals surface area contributed by atoms with Crippen molar-refractivity contribution < 1.29 is 0 Å². The van der Waals surface area contributed by atoms with Crippen molar-refractivity contribution in [2.24, 2.45) is 4.99 Å². The Kier molecular flexibility index (Phi) is 4.10. The lowest BCUT2D eigenvalue weighted by atomic mass is 9.99. The predicted molar refractivity (Wildman–Crippen MR) is 121 cm³/mol. The summed E-state index contributed by atoms with van der Waals surface area (Å²) in [5, 5.41) is 0. The number of amidine groups is 1. The average Bonchev–Trinajstić information content (AvgIpc) is 3.19. The molecule has 5 rings (SSSR count). The van der Waals surface area contributed by atoms with Gasteiger partial charge in [-0.3, -0.25) is 4.90 Å². The van der Waals surface area contributed by atoms with E-state index in [2.05, 4.69) is 58.5 Å². The summed E-state index contributed by atoms with van der Waals surface area (Å²) < 4.78 is 1.97. The number of fused-ring (bicyclic) bond motifs is 2. The molecule has 0 saturated carbocycles. The van der Waals surface area contributed by atoms with Crippen molar-refractivity contribution in [2.75, 3.05) is 10.6 Å². The Morgan fingerprint density at radius 3 is 2.60 bits per heavy atom. The first kappa shape index (κ1) is 18.1. The molecule has 1 aliphatic rings. The Balaban J connectivity index is 1.72. The molecule has 2 aromatic carbocycles. The fraction of sp³-hybridized carbons (Fsp3) is 0.130. The summed E-state index contributed by atoms with van der Waals surface area (Å²) in [7, 11) is 0. The molecule has 0 fully saturated rings. The second-order valence-electron chi connectivity index (χ2n) is 7.32. The lowest BCUT2D eigenvalue weighted by Crippen LogP contribution is -2.37. The zero-order valence-corrected chi connectivity index (χ0v) is 16.8. The van der Waals surface area contributed by atoms with Crippen molar-refractivity contribution in [3.63, 3.8) is 0 Å². The van der Waals surface area contributed by atoms with Gasteiger partial charge in [-0.25, -0.2) is 19.9 Å². The Labute approximate surface area is 174 Å². The van der Waals surface area contributed by atoms with Crippen LogP contribution >= 0.6 is 0 Å². The molecule has 0 saturated heterocycles. The minimum atomic E-state index is -0.171. The monoisotopic (exact) mass is 395 g/mol. The van der Waals surface area contributed by atoms with E-state index < -0.39 is 0 Å². The van der Waals surface area contributed by atoms with E-state index in [1.54, 1.807) is 6.33 Å². The second kappa shape index (κ2) is 6.81. The van der Waals surface area contributed by atoms with Gasteiger partial charge in [-0.05, 0) is 37.6 Å². The molecule has 0 radical (unpaired) electrons. The first-order valence-corrected chi connectivity index (χ1v) is 9.72. The third-order valence-corrected chi connectivity index (χ3v) is 5.47. The number of nitrogens with two attached hydrogens (primary N) is 1. The Morgan fingerprint density at radius 1 is 1.00 bits per heavy atom. The maximum absolute atomic E-state index is 5.99. The van der Waals surface area contributed by atoms with Gasteiger partial charge in [-0.1, -0.05) is 36.9 Å². The largest absolute Gasteiger partial charge is 0.382 e. The third-order valence-electron chi connectivity index (χ3n) is 5.47. The highest BCUT2D eigenvalue weighted by molar-refractivity contribution is 6.15. The van der Waals surface area contributed by atoms with E-state index in [9.17, 15) is 0 Å². The van der Waals surface area contributed by atoms with Gasteiger partial charge in [-0.15, -0.1) is 0 Å². The van der Waals surface area contributed by atoms with Crippen LogP contribution < -0.4 is 10.6 Å². The van der Waals surface area contributed by atoms with Crippen molar-refractivity contribution in [1.82, 2.24) is 19.5 Å². The number of para-hydroxylation sites is 1. The number of nitrogens with zero attached hydrogens (tertiary/aromatic N) is 6. The van der Waals surface area contributed by atoms with Crippen LogP contribution in [0, 0.1) is 6.92 Å². The van der Waals surface area contributed by atoms with Crippen LogP contribution in [0.5, 0.6) is 0 Å². The molecular weight excluding hydrogens is 374 g/mol. The summed E-state index contributed by atoms with van der Waals surface area (Å²) in [6, 6.07) is 16.1. The maximum atomic E-state index is 5.99. The van der Waals surface area contributed by atoms with E-state index in [-0.39, 0.29) is 6.04 Å². The second-order valence-corrected chi connectivity index (χ2v) is 7.32. The minimum absolute atomic E-state index is 0.171. The van der Waals surface area contributed by atoms with Gasteiger partial charge < -0.3 is 10.3 Å². The van der Waals surface area contributed by atoms with Gasteiger partial charge in [0.2, 0.25) is 0 Å². The number of benzene rings is 2. The lowest BCUT2D eigenvalue weighted by molar-refractivity contribution is 0.700. The zero-order chi connectivity index (χ0) is 20.8. The Morgan fingerprint density at radius 2 is 1.80 bits per heavy atom. The number of aromatic nitrogens is 4. The highest BCUT2D eigenvalue weighted by atomic mass is 15.3. The summed E-state index contributed by atoms with van der Waals surface area (Å²) in [6.07, 6.45) is 3.19. The molecule has 1 aliphatic heterocycles. The van der Waals surface area contributed by atoms with E-state index in [1.807, 2.05) is 34.9 Å². The zero-order valence-electron chi connectivity index (χ0n) is 16.8. The van der Waals surface area contributed by atoms with Gasteiger partial charge in [0.15, 0.2) is 11.5 Å². The smallest absolute Gasteiger partial charge is 0.166 e. The summed E-state index contributed by atoms with van der Waals surface area (Å²) in [5.41, 5.74) is 12.2. The standard InChI is InChI=1S/C23H21N7/c1-14-8-7-11-18-19(14)15(2)30(17-9-5-4-6-10-17)22(28-18)16(3)29-13-27-20-21(24)25-12-26-23(20)29/h4-13,16H,2H2,1,3H3,(H2,24,25,26). The quantitative estimate of drug-likeness (QED) is 0.552. The fourth-order valence-corrected chi connectivity index (χ4v) is 3.97. The first-order chi connectivity index (χ1) is 14.6. The summed E-state index contributed by atoms with van der Waals surface area (Å²) in [5.74, 6) is 1.20. The SMILES string of the molecule is C=C1c2c(C)cccc2N=C(C(C)n2cnc3c(N)ncnc32)N1c1ccccc1. The van der Waals surface area contributed by atoms with Crippen LogP contribution in [0.2, 0.25) is 0 Å². The van der Waals surface area contributed by atoms with E-state index in [1.165, 1.54) is 6.33 Å². The van der Waals surface area contributed by atoms with Crippen LogP contribution in [0.25, 0.3) is 16.9 Å². The van der Waals surface area contributed by atoms with E-state index >= 15 is 0 Å². The molecule has 2 N–H and O–H groups in total. The highest BCUT2D eigenvalue weighted by Crippen LogP contribution is 2.40. The van der Waals surface area contributed by atoms with Crippen molar-refractivity contribution in [2.45, 2.75) is 19.9 Å². The Bertz CT molecular complexity index is 1300. The predicted octanol–water partition coefficient (Wildman–Crippen LogP) is 4.50. The summed E-state index contributed by atoms with van der Waals surface area (Å²) in [4.78, 5) is 20.0. The topological polar surface area (TPSA) is 85.2 Å². The molecule has 0 spiro atoms. The highest BCUT2D eigenvalue weighted by Gasteiger charge is 2.31. The van der Waals surface area contributed by atoms with Gasteiger partial charge in [-0.2, -0.15) is 0 Å². The summed E-state index contributed by atoms with van der Waals surface area (Å²) in [6.45, 7) is 8.59. The van der Waals surface area contributed by atoms with Crippen LogP contribution in [-0.2, 0) is 0 Å². The number of nitrogen functional groups attached to an aromatic ring is 1. The normalized spacial score (nSPS) is 14.5. The van der Waals surface area contributed by atoms with Gasteiger partial charge in [0, 0.05) is 16.9 Å². The molecule has 148 valence electrons. The number of rotatable bonds is 3. The molecule has 1 unspecified atom stereocenters. The Hall–Kier alpha value is -4.00. The van der Waals surface area contributed by atoms with Crippen molar-refractivity contribution in [1.29, 1.82) is 0 Å². The molecule has 30 heavy (non-hydrogen) atoms. The van der Waals surface area contributed by atoms with Gasteiger partial charge in [0.1, 0.15) is 17.7 Å². The van der Waals surface area contributed by atoms with Crippen LogP contribution in [0.1, 0.15) is 24.1 Å². The third kappa shape index (κ3) is 2.67.